The van der Waals surface area contributed by atoms with Crippen LogP contribution in [-0.2, 0) is 43.6 Å². The molecule has 0 saturated heterocycles. The fraction of sp³-hybridized carbons (Fsp3) is 0.441. The highest BCUT2D eigenvalue weighted by Crippen LogP contribution is 2.40. The minimum absolute atomic E-state index is 0.248. The van der Waals surface area contributed by atoms with Crippen molar-refractivity contribution in [1.29, 1.82) is 0 Å². The summed E-state index contributed by atoms with van der Waals surface area (Å²) in [6, 6.07) is 30.9. The zero-order valence-corrected chi connectivity index (χ0v) is 24.6. The topological polar surface area (TPSA) is 81.7 Å². The molecule has 3 aromatic carbocycles. The van der Waals surface area contributed by atoms with Crippen molar-refractivity contribution in [2.45, 2.75) is 18.9 Å². The number of ether oxygens (including phenoxy) is 7. The van der Waals surface area contributed by atoms with E-state index in [1.165, 1.54) is 0 Å². The predicted molar refractivity (Wildman–Crippen MR) is 161 cm³/mol. The quantitative estimate of drug-likeness (QED) is 0.0878. The minimum atomic E-state index is -0.748. The summed E-state index contributed by atoms with van der Waals surface area (Å²) in [6.07, 6.45) is 0.257. The van der Waals surface area contributed by atoms with Gasteiger partial charge in [0.25, 0.3) is 0 Å². The van der Waals surface area contributed by atoms with Gasteiger partial charge in [0.15, 0.2) is 0 Å². The van der Waals surface area contributed by atoms with Gasteiger partial charge in [0.2, 0.25) is 0 Å². The summed E-state index contributed by atoms with van der Waals surface area (Å²) in [7, 11) is 0. The zero-order chi connectivity index (χ0) is 29.6. The van der Waals surface area contributed by atoms with Crippen LogP contribution < -0.4 is 0 Å². The van der Waals surface area contributed by atoms with E-state index in [4.69, 9.17) is 33.2 Å². The SMILES string of the molecule is CCOC(=O)CCOCCOCCOCCOCCOCCOC(c1ccccc1)(c1ccccc1)c1ccccc1. The molecule has 0 N–H and O–H groups in total. The number of carbonyl (C=O) groups excluding carboxylic acids is 1. The smallest absolute Gasteiger partial charge is 0.308 e. The minimum Gasteiger partial charge on any atom is -0.466 e. The Morgan fingerprint density at radius 1 is 0.500 bits per heavy atom. The van der Waals surface area contributed by atoms with E-state index in [1.54, 1.807) is 6.92 Å². The molecule has 0 bridgehead atoms. The number of rotatable bonds is 23. The summed E-state index contributed by atoms with van der Waals surface area (Å²) in [5.41, 5.74) is 2.45. The first-order valence-electron chi connectivity index (χ1n) is 14.6. The lowest BCUT2D eigenvalue weighted by molar-refractivity contribution is -0.144. The van der Waals surface area contributed by atoms with Gasteiger partial charge in [-0.15, -0.1) is 0 Å². The van der Waals surface area contributed by atoms with Crippen LogP contribution in [0.1, 0.15) is 30.0 Å². The lowest BCUT2D eigenvalue weighted by Gasteiger charge is -2.36. The molecule has 0 fully saturated rings. The summed E-state index contributed by atoms with van der Waals surface area (Å²) >= 11 is 0. The number of esters is 1. The Hall–Kier alpha value is -3.11. The first kappa shape index (κ1) is 33.4. The molecule has 0 aliphatic rings. The third-order valence-electron chi connectivity index (χ3n) is 6.33. The number of benzene rings is 3. The van der Waals surface area contributed by atoms with E-state index < -0.39 is 5.60 Å². The van der Waals surface area contributed by atoms with Gasteiger partial charge in [-0.3, -0.25) is 4.79 Å². The van der Waals surface area contributed by atoms with Crippen molar-refractivity contribution in [2.75, 3.05) is 79.3 Å². The number of carbonyl (C=O) groups is 1. The molecule has 42 heavy (non-hydrogen) atoms. The van der Waals surface area contributed by atoms with Crippen LogP contribution in [0.25, 0.3) is 0 Å². The van der Waals surface area contributed by atoms with Crippen LogP contribution >= 0.6 is 0 Å². The maximum atomic E-state index is 11.2. The average molecular weight is 581 g/mol. The van der Waals surface area contributed by atoms with Crippen molar-refractivity contribution in [3.8, 4) is 0 Å². The molecule has 0 spiro atoms. The number of hydrogen-bond donors (Lipinski definition) is 0. The van der Waals surface area contributed by atoms with E-state index in [9.17, 15) is 4.79 Å². The first-order chi connectivity index (χ1) is 20.8. The second-order valence-corrected chi connectivity index (χ2v) is 9.24. The van der Waals surface area contributed by atoms with Gasteiger partial charge in [0.05, 0.1) is 85.7 Å². The maximum Gasteiger partial charge on any atom is 0.308 e. The zero-order valence-electron chi connectivity index (χ0n) is 24.6. The Morgan fingerprint density at radius 3 is 1.19 bits per heavy atom. The van der Waals surface area contributed by atoms with Crippen molar-refractivity contribution < 1.29 is 38.0 Å². The Bertz CT molecular complexity index is 982. The third kappa shape index (κ3) is 11.6. The molecule has 0 aromatic heterocycles. The van der Waals surface area contributed by atoms with E-state index in [0.29, 0.717) is 79.3 Å². The molecule has 8 nitrogen and oxygen atoms in total. The van der Waals surface area contributed by atoms with Gasteiger partial charge in [-0.25, -0.2) is 0 Å². The molecule has 8 heteroatoms. The molecule has 0 aliphatic heterocycles. The molecule has 0 amide bonds. The van der Waals surface area contributed by atoms with Crippen molar-refractivity contribution in [2.24, 2.45) is 0 Å². The number of hydrogen-bond acceptors (Lipinski definition) is 8. The Labute approximate surface area is 249 Å². The summed E-state index contributed by atoms with van der Waals surface area (Å²) in [4.78, 5) is 11.2. The van der Waals surface area contributed by atoms with E-state index in [1.807, 2.05) is 54.6 Å². The summed E-state index contributed by atoms with van der Waals surface area (Å²) in [5.74, 6) is -0.248. The van der Waals surface area contributed by atoms with Gasteiger partial charge >= 0.3 is 5.97 Å². The van der Waals surface area contributed by atoms with E-state index >= 15 is 0 Å². The maximum absolute atomic E-state index is 11.2. The molecule has 0 aliphatic carbocycles. The van der Waals surface area contributed by atoms with Gasteiger partial charge in [-0.05, 0) is 23.6 Å². The van der Waals surface area contributed by atoms with Crippen LogP contribution in [-0.4, -0.2) is 85.3 Å². The monoisotopic (exact) mass is 580 g/mol. The van der Waals surface area contributed by atoms with Crippen molar-refractivity contribution in [3.05, 3.63) is 108 Å². The second kappa shape index (κ2) is 20.7. The highest BCUT2D eigenvalue weighted by atomic mass is 16.6. The van der Waals surface area contributed by atoms with Gasteiger partial charge < -0.3 is 33.2 Å². The fourth-order valence-corrected chi connectivity index (χ4v) is 4.39. The van der Waals surface area contributed by atoms with Crippen LogP contribution in [0.15, 0.2) is 91.0 Å². The fourth-order valence-electron chi connectivity index (χ4n) is 4.39. The molecule has 0 saturated carbocycles. The summed E-state index contributed by atoms with van der Waals surface area (Å²) in [6.45, 7) is 7.10. The molecular formula is C34H44O8. The standard InChI is InChI=1S/C34H44O8/c1-2-41-33(35)18-19-36-20-21-37-22-23-38-24-25-39-26-27-40-28-29-42-34(30-12-6-3-7-13-30,31-14-8-4-9-15-31)32-16-10-5-11-17-32/h3-17H,2,18-29H2,1H3. The summed E-state index contributed by atoms with van der Waals surface area (Å²) < 4.78 is 39.2. The van der Waals surface area contributed by atoms with Gasteiger partial charge in [0, 0.05) is 0 Å². The van der Waals surface area contributed by atoms with Gasteiger partial charge in [-0.2, -0.15) is 0 Å². The highest BCUT2D eigenvalue weighted by Gasteiger charge is 2.37. The first-order valence-corrected chi connectivity index (χ1v) is 14.6. The van der Waals surface area contributed by atoms with Gasteiger partial charge in [0.1, 0.15) is 5.60 Å². The van der Waals surface area contributed by atoms with E-state index in [-0.39, 0.29) is 12.4 Å². The van der Waals surface area contributed by atoms with Gasteiger partial charge in [-0.1, -0.05) is 91.0 Å². The van der Waals surface area contributed by atoms with Crippen LogP contribution in [0.3, 0.4) is 0 Å². The van der Waals surface area contributed by atoms with E-state index in [0.717, 1.165) is 16.7 Å². The molecule has 3 aromatic rings. The molecule has 0 radical (unpaired) electrons. The van der Waals surface area contributed by atoms with Crippen LogP contribution in [0.2, 0.25) is 0 Å². The molecule has 0 atom stereocenters. The predicted octanol–water partition coefficient (Wildman–Crippen LogP) is 5.03. The van der Waals surface area contributed by atoms with Crippen molar-refractivity contribution in [1.82, 2.24) is 0 Å². The third-order valence-corrected chi connectivity index (χ3v) is 6.33. The van der Waals surface area contributed by atoms with Crippen LogP contribution in [0.4, 0.5) is 0 Å². The molecule has 0 heterocycles. The molecule has 228 valence electrons. The molecule has 3 rings (SSSR count). The lowest BCUT2D eigenvalue weighted by atomic mass is 9.80. The largest absolute Gasteiger partial charge is 0.466 e. The van der Waals surface area contributed by atoms with Crippen LogP contribution in [0, 0.1) is 0 Å². The Balaban J connectivity index is 1.27. The van der Waals surface area contributed by atoms with Crippen LogP contribution in [0.5, 0.6) is 0 Å². The average Bonchev–Trinajstić information content (AvgIpc) is 3.04. The lowest BCUT2D eigenvalue weighted by Crippen LogP contribution is -2.34. The highest BCUT2D eigenvalue weighted by molar-refractivity contribution is 5.69. The molecular weight excluding hydrogens is 536 g/mol. The normalized spacial score (nSPS) is 11.5. The van der Waals surface area contributed by atoms with E-state index in [2.05, 4.69) is 36.4 Å². The van der Waals surface area contributed by atoms with Crippen molar-refractivity contribution >= 4 is 5.97 Å². The summed E-state index contributed by atoms with van der Waals surface area (Å²) in [5, 5.41) is 0. The second-order valence-electron chi connectivity index (χ2n) is 9.24. The van der Waals surface area contributed by atoms with Crippen molar-refractivity contribution in [3.63, 3.8) is 0 Å². The molecule has 0 unspecified atom stereocenters. The Kier molecular flexibility index (Phi) is 16.5. The Morgan fingerprint density at radius 2 is 0.833 bits per heavy atom.